The van der Waals surface area contributed by atoms with Crippen molar-refractivity contribution < 1.29 is 4.42 Å². The maximum absolute atomic E-state index is 13.2. The summed E-state index contributed by atoms with van der Waals surface area (Å²) in [6.07, 6.45) is 0. The fourth-order valence-corrected chi connectivity index (χ4v) is 4.45. The van der Waals surface area contributed by atoms with Crippen LogP contribution in [0.25, 0.3) is 44.5 Å². The zero-order valence-electron chi connectivity index (χ0n) is 16.4. The average molecular weight is 439 g/mol. The van der Waals surface area contributed by atoms with Crippen LogP contribution >= 0.6 is 23.2 Å². The fourth-order valence-electron chi connectivity index (χ4n) is 3.94. The third-order valence-corrected chi connectivity index (χ3v) is 5.89. The minimum Gasteiger partial charge on any atom is -0.421 e. The Kier molecular flexibility index (Phi) is 4.24. The lowest BCUT2D eigenvalue weighted by molar-refractivity contribution is 0.533. The quantitative estimate of drug-likeness (QED) is 0.371. The van der Waals surface area contributed by atoms with E-state index in [1.807, 2.05) is 35.9 Å². The van der Waals surface area contributed by atoms with E-state index in [9.17, 15) is 4.79 Å². The summed E-state index contributed by atoms with van der Waals surface area (Å²) >= 11 is 12.4. The Morgan fingerprint density at radius 2 is 1.70 bits per heavy atom. The van der Waals surface area contributed by atoms with E-state index < -0.39 is 0 Å². The van der Waals surface area contributed by atoms with Gasteiger partial charge in [0.2, 0.25) is 11.8 Å². The van der Waals surface area contributed by atoms with E-state index >= 15 is 0 Å². The van der Waals surface area contributed by atoms with Gasteiger partial charge in [0, 0.05) is 53.5 Å². The van der Waals surface area contributed by atoms with Crippen molar-refractivity contribution in [1.82, 2.24) is 19.3 Å². The molecule has 0 saturated heterocycles. The summed E-state index contributed by atoms with van der Waals surface area (Å²) in [4.78, 5) is 13.2. The molecule has 5 rings (SSSR count). The SMILES string of the molecule is Cc1nnc(-c2ccc3c(c2)c2cc(-c4ccc(Cl)cc4Cl)c(=O)n(C)c2n3C)o1. The van der Waals surface area contributed by atoms with Crippen LogP contribution in [0.5, 0.6) is 0 Å². The van der Waals surface area contributed by atoms with Gasteiger partial charge in [-0.05, 0) is 36.4 Å². The van der Waals surface area contributed by atoms with Crippen molar-refractivity contribution >= 4 is 45.1 Å². The Morgan fingerprint density at radius 3 is 2.40 bits per heavy atom. The molecule has 0 unspecified atom stereocenters. The summed E-state index contributed by atoms with van der Waals surface area (Å²) in [7, 11) is 3.70. The second kappa shape index (κ2) is 6.72. The standard InChI is InChI=1S/C22H16Cl2N4O2/c1-11-25-26-20(30-11)12-4-7-19-15(8-12)16-10-17(14-6-5-13(23)9-18(14)24)22(29)28(3)21(16)27(19)2/h4-10H,1-3H3. The molecule has 8 heteroatoms. The van der Waals surface area contributed by atoms with Gasteiger partial charge in [0.25, 0.3) is 5.56 Å². The Bertz CT molecular complexity index is 1530. The first kappa shape index (κ1) is 18.9. The van der Waals surface area contributed by atoms with Crippen molar-refractivity contribution in [3.8, 4) is 22.6 Å². The van der Waals surface area contributed by atoms with E-state index in [1.54, 1.807) is 36.7 Å². The zero-order valence-corrected chi connectivity index (χ0v) is 17.9. The molecule has 5 aromatic rings. The number of aryl methyl sites for hydroxylation is 3. The van der Waals surface area contributed by atoms with Gasteiger partial charge in [-0.1, -0.05) is 29.3 Å². The first-order chi connectivity index (χ1) is 14.3. The van der Waals surface area contributed by atoms with E-state index in [-0.39, 0.29) is 5.56 Å². The third-order valence-electron chi connectivity index (χ3n) is 5.34. The molecule has 0 radical (unpaired) electrons. The molecule has 0 aliphatic carbocycles. The van der Waals surface area contributed by atoms with Crippen molar-refractivity contribution in [1.29, 1.82) is 0 Å². The van der Waals surface area contributed by atoms with Crippen molar-refractivity contribution in [3.63, 3.8) is 0 Å². The number of fused-ring (bicyclic) bond motifs is 3. The lowest BCUT2D eigenvalue weighted by Crippen LogP contribution is -2.20. The van der Waals surface area contributed by atoms with E-state index in [1.165, 1.54) is 0 Å². The molecule has 0 amide bonds. The van der Waals surface area contributed by atoms with Gasteiger partial charge in [-0.25, -0.2) is 0 Å². The first-order valence-electron chi connectivity index (χ1n) is 9.23. The highest BCUT2D eigenvalue weighted by molar-refractivity contribution is 6.36. The maximum Gasteiger partial charge on any atom is 0.259 e. The third kappa shape index (κ3) is 2.75. The second-order valence-electron chi connectivity index (χ2n) is 7.20. The molecule has 6 nitrogen and oxygen atoms in total. The summed E-state index contributed by atoms with van der Waals surface area (Å²) in [5.41, 5.74) is 3.63. The number of nitrogens with zero attached hydrogens (tertiary/aromatic N) is 4. The van der Waals surface area contributed by atoms with E-state index in [0.29, 0.717) is 33.0 Å². The van der Waals surface area contributed by atoms with Crippen LogP contribution in [0.3, 0.4) is 0 Å². The Balaban J connectivity index is 1.85. The van der Waals surface area contributed by atoms with Crippen LogP contribution in [0, 0.1) is 6.92 Å². The number of benzene rings is 2. The molecule has 0 aliphatic heterocycles. The molecule has 0 atom stereocenters. The molecule has 3 aromatic heterocycles. The van der Waals surface area contributed by atoms with E-state index in [4.69, 9.17) is 27.6 Å². The predicted molar refractivity (Wildman–Crippen MR) is 119 cm³/mol. The molecule has 3 heterocycles. The monoisotopic (exact) mass is 438 g/mol. The number of aromatic nitrogens is 4. The smallest absolute Gasteiger partial charge is 0.259 e. The van der Waals surface area contributed by atoms with Crippen LogP contribution in [0.15, 0.2) is 51.7 Å². The molecule has 150 valence electrons. The van der Waals surface area contributed by atoms with Gasteiger partial charge < -0.3 is 8.98 Å². The van der Waals surface area contributed by atoms with Gasteiger partial charge >= 0.3 is 0 Å². The van der Waals surface area contributed by atoms with Crippen molar-refractivity contribution in [2.75, 3.05) is 0 Å². The van der Waals surface area contributed by atoms with Crippen molar-refractivity contribution in [2.45, 2.75) is 6.92 Å². The van der Waals surface area contributed by atoms with Gasteiger partial charge in [0.15, 0.2) is 0 Å². The normalized spacial score (nSPS) is 11.6. The highest BCUT2D eigenvalue weighted by Gasteiger charge is 2.18. The summed E-state index contributed by atoms with van der Waals surface area (Å²) in [6, 6.07) is 12.9. The van der Waals surface area contributed by atoms with Crippen molar-refractivity contribution in [2.24, 2.45) is 14.1 Å². The molecular weight excluding hydrogens is 423 g/mol. The highest BCUT2D eigenvalue weighted by Crippen LogP contribution is 2.35. The highest BCUT2D eigenvalue weighted by atomic mass is 35.5. The molecule has 30 heavy (non-hydrogen) atoms. The molecule has 0 fully saturated rings. The van der Waals surface area contributed by atoms with Gasteiger partial charge in [0.1, 0.15) is 5.65 Å². The number of pyridine rings is 1. The van der Waals surface area contributed by atoms with Crippen LogP contribution < -0.4 is 5.56 Å². The van der Waals surface area contributed by atoms with Gasteiger partial charge in [-0.2, -0.15) is 0 Å². The number of rotatable bonds is 2. The molecule has 0 saturated carbocycles. The van der Waals surface area contributed by atoms with Gasteiger partial charge in [-0.3, -0.25) is 9.36 Å². The molecule has 0 bridgehead atoms. The minimum atomic E-state index is -0.134. The van der Waals surface area contributed by atoms with Crippen LogP contribution in [0.2, 0.25) is 10.0 Å². The molecule has 2 aromatic carbocycles. The molecule has 0 aliphatic rings. The van der Waals surface area contributed by atoms with Crippen LogP contribution in [0.4, 0.5) is 0 Å². The Labute approximate surface area is 181 Å². The van der Waals surface area contributed by atoms with Crippen LogP contribution in [0.1, 0.15) is 5.89 Å². The first-order valence-corrected chi connectivity index (χ1v) is 9.99. The lowest BCUT2D eigenvalue weighted by Gasteiger charge is -2.09. The topological polar surface area (TPSA) is 65.8 Å². The molecule has 0 N–H and O–H groups in total. The molecular formula is C22H16Cl2N4O2. The van der Waals surface area contributed by atoms with Gasteiger partial charge in [-0.15, -0.1) is 10.2 Å². The Morgan fingerprint density at radius 1 is 0.900 bits per heavy atom. The average Bonchev–Trinajstić information content (AvgIpc) is 3.26. The largest absolute Gasteiger partial charge is 0.421 e. The lowest BCUT2D eigenvalue weighted by atomic mass is 10.0. The fraction of sp³-hybridized carbons (Fsp3) is 0.136. The maximum atomic E-state index is 13.2. The summed E-state index contributed by atoms with van der Waals surface area (Å²) in [5.74, 6) is 0.960. The summed E-state index contributed by atoms with van der Waals surface area (Å²) in [5, 5.41) is 10.9. The minimum absolute atomic E-state index is 0.134. The van der Waals surface area contributed by atoms with Crippen LogP contribution in [-0.4, -0.2) is 19.3 Å². The predicted octanol–water partition coefficient (Wildman–Crippen LogP) is 5.36. The van der Waals surface area contributed by atoms with Crippen LogP contribution in [-0.2, 0) is 14.1 Å². The number of hydrogen-bond acceptors (Lipinski definition) is 4. The van der Waals surface area contributed by atoms with Gasteiger partial charge in [0.05, 0.1) is 10.5 Å². The summed E-state index contributed by atoms with van der Waals surface area (Å²) < 4.78 is 9.23. The van der Waals surface area contributed by atoms with Crippen molar-refractivity contribution in [3.05, 3.63) is 68.8 Å². The number of halogens is 2. The number of hydrogen-bond donors (Lipinski definition) is 0. The summed E-state index contributed by atoms with van der Waals surface area (Å²) in [6.45, 7) is 1.75. The second-order valence-corrected chi connectivity index (χ2v) is 8.04. The Hall–Kier alpha value is -3.09. The van der Waals surface area contributed by atoms with E-state index in [0.717, 1.165) is 27.5 Å². The zero-order chi connectivity index (χ0) is 21.2. The van der Waals surface area contributed by atoms with E-state index in [2.05, 4.69) is 10.2 Å². The molecule has 0 spiro atoms.